The Labute approximate surface area is 198 Å². The van der Waals surface area contributed by atoms with Crippen LogP contribution in [0, 0.1) is 6.92 Å². The highest BCUT2D eigenvalue weighted by molar-refractivity contribution is 5.71. The Bertz CT molecular complexity index is 1370. The highest BCUT2D eigenvalue weighted by Gasteiger charge is 2.14. The highest BCUT2D eigenvalue weighted by Crippen LogP contribution is 2.29. The Morgan fingerprint density at radius 3 is 2.44 bits per heavy atom. The second-order valence-electron chi connectivity index (χ2n) is 8.07. The Morgan fingerprint density at radius 2 is 1.62 bits per heavy atom. The summed E-state index contributed by atoms with van der Waals surface area (Å²) in [6.07, 6.45) is 0.989. The Kier molecular flexibility index (Phi) is 6.54. The van der Waals surface area contributed by atoms with Gasteiger partial charge in [0.15, 0.2) is 11.5 Å². The van der Waals surface area contributed by atoms with Crippen molar-refractivity contribution in [3.05, 3.63) is 108 Å². The third kappa shape index (κ3) is 5.10. The number of aryl methyl sites for hydroxylation is 1. The van der Waals surface area contributed by atoms with E-state index in [0.717, 1.165) is 35.5 Å². The lowest BCUT2D eigenvalue weighted by Gasteiger charge is -2.12. The summed E-state index contributed by atoms with van der Waals surface area (Å²) in [6.45, 7) is 3.79. The van der Waals surface area contributed by atoms with E-state index in [9.17, 15) is 0 Å². The van der Waals surface area contributed by atoms with Gasteiger partial charge < -0.3 is 10.1 Å². The van der Waals surface area contributed by atoms with E-state index in [1.54, 1.807) is 4.52 Å². The summed E-state index contributed by atoms with van der Waals surface area (Å²) in [5, 5.41) is 16.5. The van der Waals surface area contributed by atoms with Gasteiger partial charge in [-0.05, 0) is 49.2 Å². The number of hydrogen-bond acceptors (Lipinski definition) is 6. The van der Waals surface area contributed by atoms with Crippen molar-refractivity contribution in [1.82, 2.24) is 30.1 Å². The average Bonchev–Trinajstić information content (AvgIpc) is 3.26. The first-order chi connectivity index (χ1) is 16.8. The zero-order valence-electron chi connectivity index (χ0n) is 19.1. The molecule has 7 heteroatoms. The summed E-state index contributed by atoms with van der Waals surface area (Å²) >= 11 is 0. The molecule has 0 saturated carbocycles. The van der Waals surface area contributed by atoms with Gasteiger partial charge in [0, 0.05) is 12.1 Å². The first-order valence-corrected chi connectivity index (χ1v) is 11.4. The number of benzene rings is 2. The zero-order valence-corrected chi connectivity index (χ0v) is 19.1. The molecule has 5 rings (SSSR count). The van der Waals surface area contributed by atoms with Crippen LogP contribution in [-0.2, 0) is 19.6 Å². The molecule has 0 fully saturated rings. The van der Waals surface area contributed by atoms with E-state index in [2.05, 4.69) is 44.9 Å². The van der Waals surface area contributed by atoms with Gasteiger partial charge in [-0.25, -0.2) is 0 Å². The minimum Gasteiger partial charge on any atom is -0.470 e. The van der Waals surface area contributed by atoms with Crippen molar-refractivity contribution >= 4 is 5.65 Å². The van der Waals surface area contributed by atoms with Gasteiger partial charge in [0.1, 0.15) is 6.61 Å². The molecule has 2 aromatic carbocycles. The van der Waals surface area contributed by atoms with Crippen LogP contribution in [0.4, 0.5) is 0 Å². The van der Waals surface area contributed by atoms with Gasteiger partial charge in [0.2, 0.25) is 5.88 Å². The standard InChI is InChI=1S/C27H26N6O/c1-20-30-31-26-17-25(22-11-6-3-7-12-22)27(32-33(20)26)34-19-24-14-8-13-23(29-24)18-28-16-15-21-9-4-2-5-10-21/h2-14,17,28H,15-16,18-19H2,1H3. The van der Waals surface area contributed by atoms with E-state index in [-0.39, 0.29) is 0 Å². The number of rotatable bonds is 9. The van der Waals surface area contributed by atoms with Crippen LogP contribution < -0.4 is 10.1 Å². The normalized spacial score (nSPS) is 11.1. The van der Waals surface area contributed by atoms with Crippen LogP contribution in [0.2, 0.25) is 0 Å². The summed E-state index contributed by atoms with van der Waals surface area (Å²) < 4.78 is 7.87. The Morgan fingerprint density at radius 1 is 0.853 bits per heavy atom. The number of hydrogen-bond donors (Lipinski definition) is 1. The second kappa shape index (κ2) is 10.2. The maximum Gasteiger partial charge on any atom is 0.240 e. The molecule has 1 N–H and O–H groups in total. The smallest absolute Gasteiger partial charge is 0.240 e. The molecule has 0 saturated heterocycles. The molecule has 3 heterocycles. The van der Waals surface area contributed by atoms with Crippen LogP contribution in [0.5, 0.6) is 5.88 Å². The molecule has 0 aliphatic heterocycles. The third-order valence-electron chi connectivity index (χ3n) is 5.56. The molecule has 0 atom stereocenters. The van der Waals surface area contributed by atoms with Crippen molar-refractivity contribution < 1.29 is 4.74 Å². The molecule has 0 aliphatic carbocycles. The van der Waals surface area contributed by atoms with E-state index in [1.807, 2.05) is 67.6 Å². The molecular weight excluding hydrogens is 424 g/mol. The number of fused-ring (bicyclic) bond motifs is 1. The van der Waals surface area contributed by atoms with Crippen LogP contribution in [0.1, 0.15) is 22.8 Å². The predicted octanol–water partition coefficient (Wildman–Crippen LogP) is 4.41. The summed E-state index contributed by atoms with van der Waals surface area (Å²) in [6, 6.07) is 28.5. The van der Waals surface area contributed by atoms with E-state index >= 15 is 0 Å². The first kappa shape index (κ1) is 21.7. The second-order valence-corrected chi connectivity index (χ2v) is 8.07. The van der Waals surface area contributed by atoms with Crippen molar-refractivity contribution in [2.24, 2.45) is 0 Å². The molecule has 5 aromatic rings. The summed E-state index contributed by atoms with van der Waals surface area (Å²) in [7, 11) is 0. The highest BCUT2D eigenvalue weighted by atomic mass is 16.5. The molecular formula is C27H26N6O. The molecule has 170 valence electrons. The molecule has 0 aliphatic rings. The quantitative estimate of drug-likeness (QED) is 0.335. The lowest BCUT2D eigenvalue weighted by molar-refractivity contribution is 0.285. The van der Waals surface area contributed by atoms with Gasteiger partial charge in [-0.15, -0.1) is 15.3 Å². The van der Waals surface area contributed by atoms with E-state index in [4.69, 9.17) is 9.72 Å². The van der Waals surface area contributed by atoms with Crippen molar-refractivity contribution in [3.63, 3.8) is 0 Å². The molecule has 0 bridgehead atoms. The van der Waals surface area contributed by atoms with Gasteiger partial charge in [-0.1, -0.05) is 66.7 Å². The SMILES string of the molecule is Cc1nnc2cc(-c3ccccc3)c(OCc3cccc(CNCCc4ccccc4)n3)nn12. The van der Waals surface area contributed by atoms with Crippen molar-refractivity contribution in [3.8, 4) is 17.0 Å². The molecule has 0 spiro atoms. The lowest BCUT2D eigenvalue weighted by Crippen LogP contribution is -2.18. The van der Waals surface area contributed by atoms with E-state index < -0.39 is 0 Å². The zero-order chi connectivity index (χ0) is 23.2. The van der Waals surface area contributed by atoms with Crippen LogP contribution in [0.15, 0.2) is 84.9 Å². The predicted molar refractivity (Wildman–Crippen MR) is 131 cm³/mol. The fraction of sp³-hybridized carbons (Fsp3) is 0.185. The topological polar surface area (TPSA) is 77.2 Å². The van der Waals surface area contributed by atoms with Crippen molar-refractivity contribution in [2.45, 2.75) is 26.5 Å². The van der Waals surface area contributed by atoms with Gasteiger partial charge in [0.05, 0.1) is 11.4 Å². The number of nitrogens with zero attached hydrogens (tertiary/aromatic N) is 5. The fourth-order valence-corrected chi connectivity index (χ4v) is 3.80. The monoisotopic (exact) mass is 450 g/mol. The van der Waals surface area contributed by atoms with Gasteiger partial charge in [-0.3, -0.25) is 4.98 Å². The number of nitrogens with one attached hydrogen (secondary N) is 1. The van der Waals surface area contributed by atoms with Crippen LogP contribution in [-0.4, -0.2) is 31.3 Å². The summed E-state index contributed by atoms with van der Waals surface area (Å²) in [5.74, 6) is 1.23. The molecule has 0 radical (unpaired) electrons. The van der Waals surface area contributed by atoms with Crippen molar-refractivity contribution in [1.29, 1.82) is 0 Å². The van der Waals surface area contributed by atoms with Crippen LogP contribution in [0.25, 0.3) is 16.8 Å². The van der Waals surface area contributed by atoms with Crippen molar-refractivity contribution in [2.75, 3.05) is 6.54 Å². The molecule has 3 aromatic heterocycles. The number of pyridine rings is 1. The van der Waals surface area contributed by atoms with Crippen LogP contribution in [0.3, 0.4) is 0 Å². The number of ether oxygens (including phenoxy) is 1. The summed E-state index contributed by atoms with van der Waals surface area (Å²) in [5.41, 5.74) is 5.73. The van der Waals surface area contributed by atoms with Crippen LogP contribution >= 0.6 is 0 Å². The minimum absolute atomic E-state index is 0.317. The molecule has 34 heavy (non-hydrogen) atoms. The Balaban J connectivity index is 1.27. The van der Waals surface area contributed by atoms with Gasteiger partial charge in [0.25, 0.3) is 0 Å². The Hall–Kier alpha value is -4.10. The number of aromatic nitrogens is 5. The fourth-order valence-electron chi connectivity index (χ4n) is 3.80. The minimum atomic E-state index is 0.317. The van der Waals surface area contributed by atoms with Gasteiger partial charge in [-0.2, -0.15) is 4.52 Å². The largest absolute Gasteiger partial charge is 0.470 e. The molecule has 0 unspecified atom stereocenters. The maximum atomic E-state index is 6.18. The lowest BCUT2D eigenvalue weighted by atomic mass is 10.1. The molecule has 7 nitrogen and oxygen atoms in total. The van der Waals surface area contributed by atoms with E-state index in [1.165, 1.54) is 5.56 Å². The first-order valence-electron chi connectivity index (χ1n) is 11.4. The van der Waals surface area contributed by atoms with Gasteiger partial charge >= 0.3 is 0 Å². The third-order valence-corrected chi connectivity index (χ3v) is 5.56. The maximum absolute atomic E-state index is 6.18. The molecule has 0 amide bonds. The average molecular weight is 451 g/mol. The van der Waals surface area contributed by atoms with E-state index in [0.29, 0.717) is 30.5 Å². The summed E-state index contributed by atoms with van der Waals surface area (Å²) in [4.78, 5) is 4.76.